The average Bonchev–Trinajstić information content (AvgIpc) is 2.80. The van der Waals surface area contributed by atoms with Gasteiger partial charge in [-0.15, -0.1) is 0 Å². The molecule has 0 aliphatic heterocycles. The second-order valence-corrected chi connectivity index (χ2v) is 4.66. The van der Waals surface area contributed by atoms with Crippen molar-refractivity contribution in [2.24, 2.45) is 7.05 Å². The van der Waals surface area contributed by atoms with E-state index in [1.807, 2.05) is 6.92 Å². The van der Waals surface area contributed by atoms with Gasteiger partial charge in [-0.1, -0.05) is 6.92 Å². The number of nitrogen functional groups attached to an aromatic ring is 1. The normalized spacial score (nSPS) is 10.7. The molecule has 0 saturated carbocycles. The van der Waals surface area contributed by atoms with E-state index >= 15 is 0 Å². The molecule has 0 radical (unpaired) electrons. The van der Waals surface area contributed by atoms with E-state index in [1.165, 1.54) is 0 Å². The molecule has 5 nitrogen and oxygen atoms in total. The number of aryl methyl sites for hydroxylation is 2. The Hall–Kier alpha value is -2.44. The molecule has 0 unspecified atom stereocenters. The fourth-order valence-corrected chi connectivity index (χ4v) is 2.04. The minimum atomic E-state index is -0.943. The highest BCUT2D eigenvalue weighted by Crippen LogP contribution is 2.17. The Balaban J connectivity index is 2.13. The van der Waals surface area contributed by atoms with Gasteiger partial charge in [0.2, 0.25) is 0 Å². The Labute approximate surface area is 120 Å². The molecule has 1 aromatic carbocycles. The summed E-state index contributed by atoms with van der Waals surface area (Å²) in [5.41, 5.74) is 6.51. The van der Waals surface area contributed by atoms with E-state index in [1.54, 1.807) is 17.9 Å². The van der Waals surface area contributed by atoms with Crippen LogP contribution in [0.15, 0.2) is 18.3 Å². The van der Waals surface area contributed by atoms with Crippen LogP contribution in [0.2, 0.25) is 0 Å². The van der Waals surface area contributed by atoms with Crippen molar-refractivity contribution in [1.82, 2.24) is 15.1 Å². The van der Waals surface area contributed by atoms with Crippen molar-refractivity contribution in [3.05, 3.63) is 46.8 Å². The first-order valence-corrected chi connectivity index (χ1v) is 6.46. The third kappa shape index (κ3) is 3.18. The standard InChI is InChI=1S/C14H16F2N4O/c1-3-13-8(7-20(2)19-13)6-18-14(21)9-4-12(17)11(16)5-10(9)15/h4-5,7H,3,6,17H2,1-2H3,(H,18,21). The molecule has 7 heteroatoms. The lowest BCUT2D eigenvalue weighted by atomic mass is 10.1. The van der Waals surface area contributed by atoms with E-state index in [2.05, 4.69) is 10.4 Å². The van der Waals surface area contributed by atoms with Gasteiger partial charge in [0.15, 0.2) is 0 Å². The average molecular weight is 294 g/mol. The molecule has 0 fully saturated rings. The first kappa shape index (κ1) is 15.0. The third-order valence-electron chi connectivity index (χ3n) is 3.10. The number of carbonyl (C=O) groups is 1. The summed E-state index contributed by atoms with van der Waals surface area (Å²) in [5, 5.41) is 6.83. The number of amides is 1. The first-order valence-electron chi connectivity index (χ1n) is 6.46. The highest BCUT2D eigenvalue weighted by molar-refractivity contribution is 5.95. The zero-order valence-corrected chi connectivity index (χ0v) is 11.8. The number of nitrogens with zero attached hydrogens (tertiary/aromatic N) is 2. The maximum absolute atomic E-state index is 13.6. The van der Waals surface area contributed by atoms with E-state index in [-0.39, 0.29) is 17.8 Å². The SMILES string of the molecule is CCc1nn(C)cc1CNC(=O)c1cc(N)c(F)cc1F. The van der Waals surface area contributed by atoms with Crippen molar-refractivity contribution in [3.63, 3.8) is 0 Å². The van der Waals surface area contributed by atoms with Gasteiger partial charge in [-0.3, -0.25) is 9.48 Å². The van der Waals surface area contributed by atoms with Crippen molar-refractivity contribution in [2.45, 2.75) is 19.9 Å². The highest BCUT2D eigenvalue weighted by atomic mass is 19.1. The molecular formula is C14H16F2N4O. The van der Waals surface area contributed by atoms with E-state index in [4.69, 9.17) is 5.73 Å². The quantitative estimate of drug-likeness (QED) is 0.844. The van der Waals surface area contributed by atoms with Crippen molar-refractivity contribution in [2.75, 3.05) is 5.73 Å². The first-order chi connectivity index (χ1) is 9.92. The molecule has 112 valence electrons. The minimum absolute atomic E-state index is 0.215. The largest absolute Gasteiger partial charge is 0.396 e. The van der Waals surface area contributed by atoms with Crippen molar-refractivity contribution >= 4 is 11.6 Å². The van der Waals surface area contributed by atoms with Gasteiger partial charge in [0, 0.05) is 31.4 Å². The maximum Gasteiger partial charge on any atom is 0.254 e. The summed E-state index contributed by atoms with van der Waals surface area (Å²) in [6.07, 6.45) is 2.51. The van der Waals surface area contributed by atoms with E-state index in [0.717, 1.165) is 23.7 Å². The molecule has 1 amide bonds. The van der Waals surface area contributed by atoms with Gasteiger partial charge >= 0.3 is 0 Å². The van der Waals surface area contributed by atoms with E-state index in [0.29, 0.717) is 6.07 Å². The Morgan fingerprint density at radius 3 is 2.76 bits per heavy atom. The Kier molecular flexibility index (Phi) is 4.21. The second-order valence-electron chi connectivity index (χ2n) is 4.66. The predicted molar refractivity (Wildman–Crippen MR) is 74.5 cm³/mol. The number of hydrogen-bond acceptors (Lipinski definition) is 3. The van der Waals surface area contributed by atoms with Crippen LogP contribution in [0.3, 0.4) is 0 Å². The number of aromatic nitrogens is 2. The zero-order valence-electron chi connectivity index (χ0n) is 11.8. The molecule has 1 aromatic heterocycles. The lowest BCUT2D eigenvalue weighted by Crippen LogP contribution is -2.24. The van der Waals surface area contributed by atoms with Crippen LogP contribution >= 0.6 is 0 Å². The fourth-order valence-electron chi connectivity index (χ4n) is 2.04. The summed E-state index contributed by atoms with van der Waals surface area (Å²) in [5.74, 6) is -2.48. The van der Waals surface area contributed by atoms with Crippen LogP contribution in [0.4, 0.5) is 14.5 Å². The topological polar surface area (TPSA) is 72.9 Å². The molecule has 0 bridgehead atoms. The number of anilines is 1. The number of nitrogens with two attached hydrogens (primary N) is 1. The van der Waals surface area contributed by atoms with Crippen LogP contribution in [0.1, 0.15) is 28.5 Å². The number of hydrogen-bond donors (Lipinski definition) is 2. The number of rotatable bonds is 4. The summed E-state index contributed by atoms with van der Waals surface area (Å²) in [6, 6.07) is 1.59. The molecule has 21 heavy (non-hydrogen) atoms. The van der Waals surface area contributed by atoms with Gasteiger partial charge < -0.3 is 11.1 Å². The highest BCUT2D eigenvalue weighted by Gasteiger charge is 2.15. The van der Waals surface area contributed by atoms with Crippen LogP contribution in [0.5, 0.6) is 0 Å². The molecule has 0 atom stereocenters. The summed E-state index contributed by atoms with van der Waals surface area (Å²) in [4.78, 5) is 12.0. The van der Waals surface area contributed by atoms with Crippen LogP contribution < -0.4 is 11.1 Å². The van der Waals surface area contributed by atoms with Gasteiger partial charge in [-0.25, -0.2) is 8.78 Å². The molecule has 0 aliphatic carbocycles. The Morgan fingerprint density at radius 1 is 1.38 bits per heavy atom. The lowest BCUT2D eigenvalue weighted by molar-refractivity contribution is 0.0947. The summed E-state index contributed by atoms with van der Waals surface area (Å²) >= 11 is 0. The van der Waals surface area contributed by atoms with Crippen LogP contribution in [-0.4, -0.2) is 15.7 Å². The van der Waals surface area contributed by atoms with Crippen molar-refractivity contribution in [3.8, 4) is 0 Å². The van der Waals surface area contributed by atoms with Crippen LogP contribution in [0.25, 0.3) is 0 Å². The van der Waals surface area contributed by atoms with Crippen molar-refractivity contribution in [1.29, 1.82) is 0 Å². The summed E-state index contributed by atoms with van der Waals surface area (Å²) < 4.78 is 28.3. The summed E-state index contributed by atoms with van der Waals surface area (Å²) in [7, 11) is 1.78. The van der Waals surface area contributed by atoms with Crippen LogP contribution in [-0.2, 0) is 20.0 Å². The zero-order chi connectivity index (χ0) is 15.6. The molecule has 0 spiro atoms. The van der Waals surface area contributed by atoms with Gasteiger partial charge in [-0.05, 0) is 12.5 Å². The molecule has 3 N–H and O–H groups in total. The molecule has 0 aliphatic rings. The maximum atomic E-state index is 13.6. The Bertz CT molecular complexity index is 682. The number of nitrogens with one attached hydrogen (secondary N) is 1. The molecule has 0 saturated heterocycles. The van der Waals surface area contributed by atoms with Gasteiger partial charge in [0.05, 0.1) is 16.9 Å². The predicted octanol–water partition coefficient (Wildman–Crippen LogP) is 1.77. The minimum Gasteiger partial charge on any atom is -0.396 e. The van der Waals surface area contributed by atoms with Gasteiger partial charge in [0.25, 0.3) is 5.91 Å². The Morgan fingerprint density at radius 2 is 2.10 bits per heavy atom. The van der Waals surface area contributed by atoms with Crippen LogP contribution in [0, 0.1) is 11.6 Å². The smallest absolute Gasteiger partial charge is 0.254 e. The number of halogens is 2. The lowest BCUT2D eigenvalue weighted by Gasteiger charge is -2.07. The number of carbonyl (C=O) groups excluding carboxylic acids is 1. The molecule has 2 aromatic rings. The van der Waals surface area contributed by atoms with E-state index in [9.17, 15) is 13.6 Å². The monoisotopic (exact) mass is 294 g/mol. The van der Waals surface area contributed by atoms with Gasteiger partial charge in [-0.2, -0.15) is 5.10 Å². The van der Waals surface area contributed by atoms with Gasteiger partial charge in [0.1, 0.15) is 11.6 Å². The third-order valence-corrected chi connectivity index (χ3v) is 3.10. The second kappa shape index (κ2) is 5.90. The fraction of sp³-hybridized carbons (Fsp3) is 0.286. The molecule has 1 heterocycles. The number of benzene rings is 1. The molecular weight excluding hydrogens is 278 g/mol. The van der Waals surface area contributed by atoms with E-state index < -0.39 is 17.5 Å². The van der Waals surface area contributed by atoms with Crippen molar-refractivity contribution < 1.29 is 13.6 Å². The summed E-state index contributed by atoms with van der Waals surface area (Å²) in [6.45, 7) is 2.17. The molecule has 2 rings (SSSR count).